The standard InChI is InChI=1S/C12H28N2/c1-5-6-11-14(4)12-9-7-8-10-13(2)3/h5-12H2,1-4H3. The summed E-state index contributed by atoms with van der Waals surface area (Å²) in [5.41, 5.74) is 0. The minimum atomic E-state index is 1.23. The van der Waals surface area contributed by atoms with Gasteiger partial charge < -0.3 is 9.80 Å². The molecule has 0 bridgehead atoms. The highest BCUT2D eigenvalue weighted by atomic mass is 15.1. The molecule has 2 nitrogen and oxygen atoms in total. The molecule has 0 aliphatic rings. The zero-order valence-corrected chi connectivity index (χ0v) is 10.6. The molecule has 0 aliphatic carbocycles. The van der Waals surface area contributed by atoms with Crippen LogP contribution >= 0.6 is 0 Å². The van der Waals surface area contributed by atoms with Gasteiger partial charge in [-0.05, 0) is 60.0 Å². The fraction of sp³-hybridized carbons (Fsp3) is 1.00. The molecule has 0 aromatic heterocycles. The Morgan fingerprint density at radius 2 is 1.29 bits per heavy atom. The van der Waals surface area contributed by atoms with Gasteiger partial charge in [-0.3, -0.25) is 0 Å². The van der Waals surface area contributed by atoms with Crippen LogP contribution in [0.15, 0.2) is 0 Å². The first kappa shape index (κ1) is 13.9. The van der Waals surface area contributed by atoms with E-state index in [-0.39, 0.29) is 0 Å². The second-order valence-corrected chi connectivity index (χ2v) is 4.52. The summed E-state index contributed by atoms with van der Waals surface area (Å²) in [6.45, 7) is 6.03. The van der Waals surface area contributed by atoms with E-state index in [1.807, 2.05) is 0 Å². The second kappa shape index (κ2) is 9.47. The van der Waals surface area contributed by atoms with Crippen LogP contribution in [-0.4, -0.2) is 50.6 Å². The lowest BCUT2D eigenvalue weighted by Gasteiger charge is -2.16. The van der Waals surface area contributed by atoms with Crippen molar-refractivity contribution in [2.45, 2.75) is 39.0 Å². The van der Waals surface area contributed by atoms with Gasteiger partial charge >= 0.3 is 0 Å². The molecule has 0 unspecified atom stereocenters. The summed E-state index contributed by atoms with van der Waals surface area (Å²) in [6.07, 6.45) is 6.72. The summed E-state index contributed by atoms with van der Waals surface area (Å²) >= 11 is 0. The third kappa shape index (κ3) is 10.0. The normalized spacial score (nSPS) is 11.6. The highest BCUT2D eigenvalue weighted by Gasteiger charge is 1.97. The van der Waals surface area contributed by atoms with Crippen LogP contribution in [0.3, 0.4) is 0 Å². The molecule has 0 aromatic rings. The van der Waals surface area contributed by atoms with Gasteiger partial charge in [0.15, 0.2) is 0 Å². The lowest BCUT2D eigenvalue weighted by Crippen LogP contribution is -2.21. The average Bonchev–Trinajstić information content (AvgIpc) is 2.13. The van der Waals surface area contributed by atoms with E-state index in [0.29, 0.717) is 0 Å². The van der Waals surface area contributed by atoms with E-state index in [1.165, 1.54) is 51.7 Å². The molecule has 0 heterocycles. The van der Waals surface area contributed by atoms with Crippen molar-refractivity contribution >= 4 is 0 Å². The van der Waals surface area contributed by atoms with Crippen molar-refractivity contribution in [1.29, 1.82) is 0 Å². The fourth-order valence-corrected chi connectivity index (χ4v) is 1.53. The number of hydrogen-bond acceptors (Lipinski definition) is 2. The monoisotopic (exact) mass is 200 g/mol. The maximum absolute atomic E-state index is 2.46. The molecule has 0 rings (SSSR count). The van der Waals surface area contributed by atoms with E-state index in [1.54, 1.807) is 0 Å². The van der Waals surface area contributed by atoms with Crippen LogP contribution in [0.4, 0.5) is 0 Å². The highest BCUT2D eigenvalue weighted by Crippen LogP contribution is 1.99. The van der Waals surface area contributed by atoms with Gasteiger partial charge in [-0.1, -0.05) is 19.8 Å². The first-order valence-corrected chi connectivity index (χ1v) is 6.00. The predicted molar refractivity (Wildman–Crippen MR) is 64.8 cm³/mol. The zero-order chi connectivity index (χ0) is 10.8. The number of hydrogen-bond donors (Lipinski definition) is 0. The van der Waals surface area contributed by atoms with E-state index in [0.717, 1.165) is 0 Å². The Morgan fingerprint density at radius 3 is 1.86 bits per heavy atom. The van der Waals surface area contributed by atoms with Crippen LogP contribution in [0.2, 0.25) is 0 Å². The molecule has 0 aromatic carbocycles. The Bertz CT molecular complexity index is 113. The zero-order valence-electron chi connectivity index (χ0n) is 10.6. The van der Waals surface area contributed by atoms with Gasteiger partial charge in [0, 0.05) is 0 Å². The fourth-order valence-electron chi connectivity index (χ4n) is 1.53. The molecule has 0 amide bonds. The van der Waals surface area contributed by atoms with Gasteiger partial charge in [-0.2, -0.15) is 0 Å². The molecule has 14 heavy (non-hydrogen) atoms. The van der Waals surface area contributed by atoms with Gasteiger partial charge in [0.1, 0.15) is 0 Å². The average molecular weight is 200 g/mol. The topological polar surface area (TPSA) is 6.48 Å². The molecule has 0 fully saturated rings. The molecule has 0 atom stereocenters. The van der Waals surface area contributed by atoms with Crippen molar-refractivity contribution in [3.8, 4) is 0 Å². The summed E-state index contributed by atoms with van der Waals surface area (Å²) in [5, 5.41) is 0. The van der Waals surface area contributed by atoms with Crippen LogP contribution in [0.5, 0.6) is 0 Å². The Labute approximate surface area is 90.3 Å². The van der Waals surface area contributed by atoms with Gasteiger partial charge in [0.05, 0.1) is 0 Å². The Morgan fingerprint density at radius 1 is 0.714 bits per heavy atom. The van der Waals surface area contributed by atoms with E-state index in [2.05, 4.69) is 37.9 Å². The third-order valence-electron chi connectivity index (χ3n) is 2.54. The molecular formula is C12H28N2. The van der Waals surface area contributed by atoms with Gasteiger partial charge in [0.25, 0.3) is 0 Å². The summed E-state index contributed by atoms with van der Waals surface area (Å²) in [7, 11) is 6.53. The molecule has 0 saturated heterocycles. The quantitative estimate of drug-likeness (QED) is 0.528. The number of nitrogens with zero attached hydrogens (tertiary/aromatic N) is 2. The van der Waals surface area contributed by atoms with Gasteiger partial charge in [0.2, 0.25) is 0 Å². The maximum atomic E-state index is 2.46. The smallest absolute Gasteiger partial charge is 0.00218 e. The molecule has 0 saturated carbocycles. The van der Waals surface area contributed by atoms with Crippen molar-refractivity contribution in [2.24, 2.45) is 0 Å². The van der Waals surface area contributed by atoms with Crippen LogP contribution in [0.1, 0.15) is 39.0 Å². The van der Waals surface area contributed by atoms with E-state index < -0.39 is 0 Å². The molecule has 0 N–H and O–H groups in total. The van der Waals surface area contributed by atoms with Crippen LogP contribution in [0.25, 0.3) is 0 Å². The predicted octanol–water partition coefficient (Wildman–Crippen LogP) is 2.45. The molecule has 0 aliphatic heterocycles. The van der Waals surface area contributed by atoms with Gasteiger partial charge in [-0.25, -0.2) is 0 Å². The SMILES string of the molecule is CCCCN(C)CCCCCN(C)C. The van der Waals surface area contributed by atoms with Crippen LogP contribution < -0.4 is 0 Å². The molecule has 0 radical (unpaired) electrons. The largest absolute Gasteiger partial charge is 0.309 e. The van der Waals surface area contributed by atoms with Crippen molar-refractivity contribution in [3.05, 3.63) is 0 Å². The first-order valence-electron chi connectivity index (χ1n) is 6.00. The van der Waals surface area contributed by atoms with Gasteiger partial charge in [-0.15, -0.1) is 0 Å². The highest BCUT2D eigenvalue weighted by molar-refractivity contribution is 4.53. The Hall–Kier alpha value is -0.0800. The lowest BCUT2D eigenvalue weighted by atomic mass is 10.2. The summed E-state index contributed by atoms with van der Waals surface area (Å²) in [6, 6.07) is 0. The summed E-state index contributed by atoms with van der Waals surface area (Å²) in [5.74, 6) is 0. The Balaban J connectivity index is 3.10. The number of rotatable bonds is 9. The summed E-state index contributed by atoms with van der Waals surface area (Å²) in [4.78, 5) is 4.72. The molecule has 86 valence electrons. The van der Waals surface area contributed by atoms with E-state index in [4.69, 9.17) is 0 Å². The maximum Gasteiger partial charge on any atom is -0.00218 e. The second-order valence-electron chi connectivity index (χ2n) is 4.52. The van der Waals surface area contributed by atoms with E-state index in [9.17, 15) is 0 Å². The van der Waals surface area contributed by atoms with Crippen molar-refractivity contribution < 1.29 is 0 Å². The minimum Gasteiger partial charge on any atom is -0.309 e. The van der Waals surface area contributed by atoms with Crippen molar-refractivity contribution in [3.63, 3.8) is 0 Å². The lowest BCUT2D eigenvalue weighted by molar-refractivity contribution is 0.313. The summed E-state index contributed by atoms with van der Waals surface area (Å²) < 4.78 is 0. The number of unbranched alkanes of at least 4 members (excludes halogenated alkanes) is 3. The van der Waals surface area contributed by atoms with Crippen LogP contribution in [-0.2, 0) is 0 Å². The first-order chi connectivity index (χ1) is 6.66. The van der Waals surface area contributed by atoms with Crippen molar-refractivity contribution in [1.82, 2.24) is 9.80 Å². The minimum absolute atomic E-state index is 1.23. The molecule has 2 heteroatoms. The Kier molecular flexibility index (Phi) is 9.42. The van der Waals surface area contributed by atoms with E-state index >= 15 is 0 Å². The molecular weight excluding hydrogens is 172 g/mol. The molecule has 0 spiro atoms. The van der Waals surface area contributed by atoms with Crippen LogP contribution in [0, 0.1) is 0 Å². The third-order valence-corrected chi connectivity index (χ3v) is 2.54. The van der Waals surface area contributed by atoms with Crippen molar-refractivity contribution in [2.75, 3.05) is 40.8 Å².